The monoisotopic (exact) mass is 259 g/mol. The maximum Gasteiger partial charge on any atom is 0.339 e. The van der Waals surface area contributed by atoms with Crippen LogP contribution in [0.4, 0.5) is 0 Å². The maximum absolute atomic E-state index is 11.6. The average molecular weight is 259 g/mol. The molecule has 0 saturated carbocycles. The lowest BCUT2D eigenvalue weighted by molar-refractivity contribution is 0.0509. The summed E-state index contributed by atoms with van der Waals surface area (Å²) in [6.07, 6.45) is 3.48. The summed E-state index contributed by atoms with van der Waals surface area (Å²) < 4.78 is 5.08. The molecule has 0 radical (unpaired) electrons. The Kier molecular flexibility index (Phi) is 3.97. The average Bonchev–Trinajstić information content (AvgIpc) is 2.43. The Morgan fingerprint density at radius 2 is 2.05 bits per heavy atom. The van der Waals surface area contributed by atoms with E-state index in [1.54, 1.807) is 24.4 Å². The molecule has 19 heavy (non-hydrogen) atoms. The van der Waals surface area contributed by atoms with Crippen molar-refractivity contribution >= 4 is 5.97 Å². The summed E-state index contributed by atoms with van der Waals surface area (Å²) in [6, 6.07) is 7.78. The zero-order valence-electron chi connectivity index (χ0n) is 10.1. The molecule has 0 aliphatic heterocycles. The van der Waals surface area contributed by atoms with Crippen molar-refractivity contribution in [2.24, 2.45) is 0 Å². The van der Waals surface area contributed by atoms with Gasteiger partial charge < -0.3 is 14.9 Å². The van der Waals surface area contributed by atoms with Crippen molar-refractivity contribution in [3.63, 3.8) is 0 Å². The van der Waals surface area contributed by atoms with Gasteiger partial charge in [0.25, 0.3) is 0 Å². The van der Waals surface area contributed by atoms with Gasteiger partial charge in [0, 0.05) is 18.8 Å². The van der Waals surface area contributed by atoms with Gasteiger partial charge in [-0.05, 0) is 29.8 Å². The third kappa shape index (κ3) is 3.45. The lowest BCUT2D eigenvalue weighted by Crippen LogP contribution is -2.08. The molecule has 0 atom stereocenters. The van der Waals surface area contributed by atoms with Gasteiger partial charge in [-0.1, -0.05) is 6.07 Å². The maximum atomic E-state index is 11.6. The van der Waals surface area contributed by atoms with Crippen molar-refractivity contribution in [1.29, 1.82) is 0 Å². The molecule has 1 heterocycles. The van der Waals surface area contributed by atoms with Crippen molar-refractivity contribution in [3.05, 3.63) is 53.9 Å². The molecule has 0 amide bonds. The number of ether oxygens (including phenoxy) is 1. The molecule has 0 aliphatic carbocycles. The first-order valence-corrected chi connectivity index (χ1v) is 5.75. The highest BCUT2D eigenvalue weighted by Gasteiger charge is 2.07. The van der Waals surface area contributed by atoms with Gasteiger partial charge in [-0.15, -0.1) is 0 Å². The predicted molar refractivity (Wildman–Crippen MR) is 68.0 cm³/mol. The fourth-order valence-corrected chi connectivity index (χ4v) is 1.55. The number of hydrogen-bond donors (Lipinski definition) is 2. The third-order valence-corrected chi connectivity index (χ3v) is 2.56. The molecule has 0 aliphatic rings. The molecule has 1 aromatic heterocycles. The van der Waals surface area contributed by atoms with E-state index in [9.17, 15) is 9.90 Å². The van der Waals surface area contributed by atoms with Crippen LogP contribution in [-0.2, 0) is 11.2 Å². The second kappa shape index (κ2) is 5.86. The smallest absolute Gasteiger partial charge is 0.339 e. The Morgan fingerprint density at radius 1 is 1.21 bits per heavy atom. The van der Waals surface area contributed by atoms with E-state index in [2.05, 4.69) is 4.98 Å². The molecule has 2 rings (SSSR count). The summed E-state index contributed by atoms with van der Waals surface area (Å²) in [5.74, 6) is -0.789. The number of esters is 1. The van der Waals surface area contributed by atoms with Crippen molar-refractivity contribution in [2.45, 2.75) is 6.42 Å². The Bertz CT molecular complexity index is 569. The minimum absolute atomic E-state index is 0.170. The van der Waals surface area contributed by atoms with Crippen molar-refractivity contribution in [1.82, 2.24) is 4.98 Å². The Labute approximate surface area is 110 Å². The topological polar surface area (TPSA) is 79.7 Å². The first-order valence-electron chi connectivity index (χ1n) is 5.75. The van der Waals surface area contributed by atoms with E-state index in [-0.39, 0.29) is 18.1 Å². The molecule has 2 aromatic rings. The van der Waals surface area contributed by atoms with E-state index < -0.39 is 5.97 Å². The second-order valence-corrected chi connectivity index (χ2v) is 3.95. The second-order valence-electron chi connectivity index (χ2n) is 3.95. The van der Waals surface area contributed by atoms with E-state index in [4.69, 9.17) is 9.84 Å². The van der Waals surface area contributed by atoms with E-state index in [1.165, 1.54) is 18.3 Å². The van der Waals surface area contributed by atoms with Gasteiger partial charge in [-0.3, -0.25) is 4.98 Å². The highest BCUT2D eigenvalue weighted by molar-refractivity contribution is 5.88. The molecular weight excluding hydrogens is 246 g/mol. The third-order valence-electron chi connectivity index (χ3n) is 2.56. The number of pyridine rings is 1. The number of carbonyl (C=O) groups excluding carboxylic acids is 1. The van der Waals surface area contributed by atoms with E-state index in [1.807, 2.05) is 0 Å². The number of phenols is 2. The molecule has 1 aromatic carbocycles. The van der Waals surface area contributed by atoms with Crippen LogP contribution in [-0.4, -0.2) is 27.8 Å². The molecular formula is C14H13NO4. The molecule has 2 N–H and O–H groups in total. The number of aromatic hydroxyl groups is 2. The van der Waals surface area contributed by atoms with Crippen molar-refractivity contribution in [3.8, 4) is 11.5 Å². The first-order chi connectivity index (χ1) is 9.16. The van der Waals surface area contributed by atoms with Gasteiger partial charge in [0.2, 0.25) is 0 Å². The molecule has 0 bridgehead atoms. The quantitative estimate of drug-likeness (QED) is 0.647. The minimum atomic E-state index is -0.434. The molecule has 98 valence electrons. The highest BCUT2D eigenvalue weighted by Crippen LogP contribution is 2.24. The summed E-state index contributed by atoms with van der Waals surface area (Å²) in [5.41, 5.74) is 1.17. The molecule has 0 spiro atoms. The molecule has 5 heteroatoms. The van der Waals surface area contributed by atoms with Crippen LogP contribution >= 0.6 is 0 Å². The van der Waals surface area contributed by atoms with Crippen LogP contribution in [0.5, 0.6) is 11.5 Å². The molecule has 0 fully saturated rings. The molecule has 0 unspecified atom stereocenters. The summed E-state index contributed by atoms with van der Waals surface area (Å²) >= 11 is 0. The van der Waals surface area contributed by atoms with Crippen LogP contribution in [0.2, 0.25) is 0 Å². The van der Waals surface area contributed by atoms with Crippen LogP contribution in [0.25, 0.3) is 0 Å². The van der Waals surface area contributed by atoms with Crippen LogP contribution in [0.15, 0.2) is 42.7 Å². The number of hydrogen-bond acceptors (Lipinski definition) is 5. The lowest BCUT2D eigenvalue weighted by Gasteiger charge is -2.05. The fourth-order valence-electron chi connectivity index (χ4n) is 1.55. The summed E-state index contributed by atoms with van der Waals surface area (Å²) in [7, 11) is 0. The number of rotatable bonds is 4. The van der Waals surface area contributed by atoms with Gasteiger partial charge >= 0.3 is 5.97 Å². The van der Waals surface area contributed by atoms with Gasteiger partial charge in [0.15, 0.2) is 11.5 Å². The Hall–Kier alpha value is -2.56. The number of aromatic nitrogens is 1. The zero-order chi connectivity index (χ0) is 13.7. The number of phenolic OH excluding ortho intramolecular Hbond substituents is 2. The summed E-state index contributed by atoms with van der Waals surface area (Å²) in [4.78, 5) is 15.4. The number of carbonyl (C=O) groups is 1. The number of benzene rings is 1. The molecule has 0 saturated heterocycles. The van der Waals surface area contributed by atoms with Crippen LogP contribution < -0.4 is 0 Å². The van der Waals surface area contributed by atoms with Gasteiger partial charge in [-0.25, -0.2) is 4.79 Å². The van der Waals surface area contributed by atoms with E-state index in [0.29, 0.717) is 12.0 Å². The lowest BCUT2D eigenvalue weighted by atomic mass is 10.1. The van der Waals surface area contributed by atoms with E-state index >= 15 is 0 Å². The SMILES string of the molecule is O=C(OCCc1ccc(O)c(O)c1)c1cccnc1. The Morgan fingerprint density at radius 3 is 2.74 bits per heavy atom. The minimum Gasteiger partial charge on any atom is -0.504 e. The Balaban J connectivity index is 1.87. The number of nitrogens with zero attached hydrogens (tertiary/aromatic N) is 1. The van der Waals surface area contributed by atoms with Crippen LogP contribution in [0.3, 0.4) is 0 Å². The fraction of sp³-hybridized carbons (Fsp3) is 0.143. The van der Waals surface area contributed by atoms with Crippen LogP contribution in [0.1, 0.15) is 15.9 Å². The zero-order valence-corrected chi connectivity index (χ0v) is 10.1. The summed E-state index contributed by atoms with van der Waals surface area (Å²) in [5, 5.41) is 18.5. The van der Waals surface area contributed by atoms with Gasteiger partial charge in [0.1, 0.15) is 0 Å². The van der Waals surface area contributed by atoms with Crippen molar-refractivity contribution in [2.75, 3.05) is 6.61 Å². The summed E-state index contributed by atoms with van der Waals surface area (Å²) in [6.45, 7) is 0.192. The molecule has 5 nitrogen and oxygen atoms in total. The normalized spacial score (nSPS) is 10.1. The first kappa shape index (κ1) is 12.9. The van der Waals surface area contributed by atoms with Crippen LogP contribution in [0, 0.1) is 0 Å². The standard InChI is InChI=1S/C14H13NO4/c16-12-4-3-10(8-13(12)17)5-7-19-14(18)11-2-1-6-15-9-11/h1-4,6,8-9,16-17H,5,7H2. The van der Waals surface area contributed by atoms with Crippen molar-refractivity contribution < 1.29 is 19.7 Å². The highest BCUT2D eigenvalue weighted by atomic mass is 16.5. The van der Waals surface area contributed by atoms with Gasteiger partial charge in [-0.2, -0.15) is 0 Å². The largest absolute Gasteiger partial charge is 0.504 e. The predicted octanol–water partition coefficient (Wildman–Crippen LogP) is 1.89. The van der Waals surface area contributed by atoms with Gasteiger partial charge in [0.05, 0.1) is 12.2 Å². The van der Waals surface area contributed by atoms with E-state index in [0.717, 1.165) is 5.56 Å².